The van der Waals surface area contributed by atoms with Crippen molar-refractivity contribution in [2.24, 2.45) is 0 Å². The standard InChI is InChI=1S/C18H16F2N4O2/c19-14-3-2-13(7-12(14)9-21)23-18(25)24-16-4-1-11(8-15(16)20)17-10-22-5-6-26-17/h1-4,7-8,17,22H,5-6,10H2,(H2,23,24,25)/t17-/m1/s1. The Hall–Kier alpha value is -3.02. The number of hydrogen-bond donors (Lipinski definition) is 3. The Morgan fingerprint density at radius 1 is 1.19 bits per heavy atom. The van der Waals surface area contributed by atoms with Gasteiger partial charge in [-0.1, -0.05) is 6.07 Å². The van der Waals surface area contributed by atoms with Crippen molar-refractivity contribution >= 4 is 17.4 Å². The van der Waals surface area contributed by atoms with Crippen LogP contribution in [-0.2, 0) is 4.74 Å². The van der Waals surface area contributed by atoms with Crippen LogP contribution < -0.4 is 16.0 Å². The van der Waals surface area contributed by atoms with Gasteiger partial charge in [-0.15, -0.1) is 0 Å². The van der Waals surface area contributed by atoms with Crippen LogP contribution in [0.5, 0.6) is 0 Å². The average molecular weight is 358 g/mol. The van der Waals surface area contributed by atoms with Gasteiger partial charge < -0.3 is 20.7 Å². The molecule has 0 spiro atoms. The van der Waals surface area contributed by atoms with Crippen LogP contribution in [0.2, 0.25) is 0 Å². The van der Waals surface area contributed by atoms with Crippen molar-refractivity contribution in [2.45, 2.75) is 6.10 Å². The van der Waals surface area contributed by atoms with Gasteiger partial charge in [0, 0.05) is 18.8 Å². The number of rotatable bonds is 3. The lowest BCUT2D eigenvalue weighted by Crippen LogP contribution is -2.33. The van der Waals surface area contributed by atoms with E-state index in [1.54, 1.807) is 12.1 Å². The summed E-state index contributed by atoms with van der Waals surface area (Å²) in [7, 11) is 0. The van der Waals surface area contributed by atoms with Crippen molar-refractivity contribution in [1.29, 1.82) is 5.26 Å². The van der Waals surface area contributed by atoms with Gasteiger partial charge >= 0.3 is 6.03 Å². The van der Waals surface area contributed by atoms with Crippen LogP contribution in [0.4, 0.5) is 25.0 Å². The lowest BCUT2D eigenvalue weighted by Gasteiger charge is -2.24. The molecule has 26 heavy (non-hydrogen) atoms. The van der Waals surface area contributed by atoms with Crippen LogP contribution in [-0.4, -0.2) is 25.7 Å². The van der Waals surface area contributed by atoms with E-state index in [9.17, 15) is 13.6 Å². The molecule has 134 valence electrons. The fourth-order valence-corrected chi connectivity index (χ4v) is 2.59. The first-order valence-corrected chi connectivity index (χ1v) is 7.96. The van der Waals surface area contributed by atoms with Gasteiger partial charge in [0.15, 0.2) is 0 Å². The van der Waals surface area contributed by atoms with Crippen LogP contribution in [0.15, 0.2) is 36.4 Å². The first-order valence-electron chi connectivity index (χ1n) is 7.96. The highest BCUT2D eigenvalue weighted by Gasteiger charge is 2.17. The summed E-state index contributed by atoms with van der Waals surface area (Å²) in [6, 6.07) is 9.00. The zero-order valence-electron chi connectivity index (χ0n) is 13.7. The van der Waals surface area contributed by atoms with Gasteiger partial charge in [-0.2, -0.15) is 5.26 Å². The Morgan fingerprint density at radius 2 is 2.04 bits per heavy atom. The van der Waals surface area contributed by atoms with Crippen molar-refractivity contribution < 1.29 is 18.3 Å². The third kappa shape index (κ3) is 4.14. The molecule has 2 amide bonds. The number of nitrogens with zero attached hydrogens (tertiary/aromatic N) is 1. The predicted octanol–water partition coefficient (Wildman–Crippen LogP) is 3.14. The highest BCUT2D eigenvalue weighted by molar-refractivity contribution is 5.99. The molecule has 1 fully saturated rings. The van der Waals surface area contributed by atoms with Crippen molar-refractivity contribution in [3.63, 3.8) is 0 Å². The predicted molar refractivity (Wildman–Crippen MR) is 91.7 cm³/mol. The first kappa shape index (κ1) is 17.8. The number of nitrogens with one attached hydrogen (secondary N) is 3. The highest BCUT2D eigenvalue weighted by Crippen LogP contribution is 2.24. The van der Waals surface area contributed by atoms with Gasteiger partial charge in [-0.25, -0.2) is 13.6 Å². The van der Waals surface area contributed by atoms with Crippen LogP contribution in [0.3, 0.4) is 0 Å². The van der Waals surface area contributed by atoms with Crippen molar-refractivity contribution in [3.05, 3.63) is 59.2 Å². The summed E-state index contributed by atoms with van der Waals surface area (Å²) >= 11 is 0. The van der Waals surface area contributed by atoms with Crippen molar-refractivity contribution in [1.82, 2.24) is 5.32 Å². The van der Waals surface area contributed by atoms with E-state index in [1.807, 2.05) is 0 Å². The van der Waals surface area contributed by atoms with Gasteiger partial charge in [0.1, 0.15) is 17.7 Å². The molecular weight excluding hydrogens is 342 g/mol. The summed E-state index contributed by atoms with van der Waals surface area (Å²) in [5.74, 6) is -1.27. The minimum absolute atomic E-state index is 0.00219. The second-order valence-corrected chi connectivity index (χ2v) is 5.69. The normalized spacial score (nSPS) is 16.6. The lowest BCUT2D eigenvalue weighted by molar-refractivity contribution is 0.0275. The largest absolute Gasteiger partial charge is 0.371 e. The third-order valence-corrected chi connectivity index (χ3v) is 3.89. The number of benzene rings is 2. The Kier molecular flexibility index (Phi) is 5.41. The number of carbonyl (C=O) groups is 1. The SMILES string of the molecule is N#Cc1cc(NC(=O)Nc2ccc([C@H]3CNCCO3)cc2F)ccc1F. The molecule has 8 heteroatoms. The molecule has 0 radical (unpaired) electrons. The zero-order chi connectivity index (χ0) is 18.5. The van der Waals surface area contributed by atoms with E-state index in [0.717, 1.165) is 12.6 Å². The maximum atomic E-state index is 14.3. The van der Waals surface area contributed by atoms with Crippen molar-refractivity contribution in [2.75, 3.05) is 30.3 Å². The fraction of sp³-hybridized carbons (Fsp3) is 0.222. The third-order valence-electron chi connectivity index (χ3n) is 3.89. The van der Waals surface area contributed by atoms with Crippen LogP contribution in [0, 0.1) is 23.0 Å². The number of carbonyl (C=O) groups excluding carboxylic acids is 1. The lowest BCUT2D eigenvalue weighted by atomic mass is 10.1. The number of ether oxygens (including phenoxy) is 1. The molecule has 1 heterocycles. The Balaban J connectivity index is 1.66. The molecule has 0 bridgehead atoms. The smallest absolute Gasteiger partial charge is 0.323 e. The second kappa shape index (κ2) is 7.91. The van der Waals surface area contributed by atoms with E-state index in [-0.39, 0.29) is 23.0 Å². The maximum Gasteiger partial charge on any atom is 0.323 e. The van der Waals surface area contributed by atoms with Crippen LogP contribution >= 0.6 is 0 Å². The molecule has 0 saturated carbocycles. The topological polar surface area (TPSA) is 86.2 Å². The maximum absolute atomic E-state index is 14.3. The summed E-state index contributed by atoms with van der Waals surface area (Å²) < 4.78 is 33.1. The van der Waals surface area contributed by atoms with Gasteiger partial charge in [0.05, 0.1) is 24.0 Å². The first-order chi connectivity index (χ1) is 12.6. The summed E-state index contributed by atoms with van der Waals surface area (Å²) in [6.45, 7) is 1.91. The molecule has 2 aromatic carbocycles. The number of hydrogen-bond acceptors (Lipinski definition) is 4. The molecule has 1 aliphatic heterocycles. The van der Waals surface area contributed by atoms with E-state index < -0.39 is 17.7 Å². The van der Waals surface area contributed by atoms with Gasteiger partial charge in [0.25, 0.3) is 0 Å². The highest BCUT2D eigenvalue weighted by atomic mass is 19.1. The molecule has 3 N–H and O–H groups in total. The minimum atomic E-state index is -0.706. The van der Waals surface area contributed by atoms with Gasteiger partial charge in [0.2, 0.25) is 0 Å². The number of morpholine rings is 1. The van der Waals surface area contributed by atoms with Crippen LogP contribution in [0.25, 0.3) is 0 Å². The van der Waals surface area contributed by atoms with Crippen LogP contribution in [0.1, 0.15) is 17.2 Å². The van der Waals surface area contributed by atoms with E-state index in [0.29, 0.717) is 18.7 Å². The molecule has 0 aromatic heterocycles. The molecule has 0 unspecified atom stereocenters. The number of halogens is 2. The zero-order valence-corrected chi connectivity index (χ0v) is 13.7. The molecule has 3 rings (SSSR count). The molecule has 0 aliphatic carbocycles. The molecule has 1 saturated heterocycles. The molecule has 6 nitrogen and oxygen atoms in total. The van der Waals surface area contributed by atoms with E-state index in [4.69, 9.17) is 10.00 Å². The van der Waals surface area contributed by atoms with E-state index in [2.05, 4.69) is 16.0 Å². The summed E-state index contributed by atoms with van der Waals surface area (Å²) in [6.07, 6.45) is -0.232. The number of amides is 2. The summed E-state index contributed by atoms with van der Waals surface area (Å²) in [4.78, 5) is 12.0. The number of urea groups is 1. The monoisotopic (exact) mass is 358 g/mol. The number of nitriles is 1. The molecule has 1 atom stereocenters. The average Bonchev–Trinajstić information content (AvgIpc) is 2.65. The Bertz CT molecular complexity index is 861. The summed E-state index contributed by atoms with van der Waals surface area (Å²) in [5.41, 5.74) is 0.703. The minimum Gasteiger partial charge on any atom is -0.371 e. The summed E-state index contributed by atoms with van der Waals surface area (Å²) in [5, 5.41) is 16.8. The Labute approximate surface area is 148 Å². The van der Waals surface area contributed by atoms with Crippen molar-refractivity contribution in [3.8, 4) is 6.07 Å². The molecular formula is C18H16F2N4O2. The van der Waals surface area contributed by atoms with E-state index >= 15 is 0 Å². The number of anilines is 2. The second-order valence-electron chi connectivity index (χ2n) is 5.69. The molecule has 2 aromatic rings. The van der Waals surface area contributed by atoms with Gasteiger partial charge in [-0.3, -0.25) is 0 Å². The fourth-order valence-electron chi connectivity index (χ4n) is 2.59. The quantitative estimate of drug-likeness (QED) is 0.787. The van der Waals surface area contributed by atoms with E-state index in [1.165, 1.54) is 24.3 Å². The van der Waals surface area contributed by atoms with Gasteiger partial charge in [-0.05, 0) is 35.9 Å². The molecule has 1 aliphatic rings. The Morgan fingerprint density at radius 3 is 2.73 bits per heavy atom.